The molecule has 2 aromatic rings. The minimum atomic E-state index is -0.189. The molecule has 2 unspecified atom stereocenters. The fourth-order valence-corrected chi connectivity index (χ4v) is 3.78. The first kappa shape index (κ1) is 16.9. The molecule has 7 nitrogen and oxygen atoms in total. The average Bonchev–Trinajstić information content (AvgIpc) is 3.28. The van der Waals surface area contributed by atoms with Crippen LogP contribution >= 0.6 is 0 Å². The molecule has 0 bridgehead atoms. The molecule has 0 aliphatic carbocycles. The van der Waals surface area contributed by atoms with E-state index in [2.05, 4.69) is 44.8 Å². The second-order valence-corrected chi connectivity index (χ2v) is 7.21. The Kier molecular flexibility index (Phi) is 4.79. The van der Waals surface area contributed by atoms with Crippen LogP contribution < -0.4 is 5.32 Å². The predicted molar refractivity (Wildman–Crippen MR) is 95.0 cm³/mol. The number of amides is 2. The molecule has 0 saturated carbocycles. The molecule has 7 heteroatoms. The molecule has 1 N–H and O–H groups in total. The van der Waals surface area contributed by atoms with Crippen molar-refractivity contribution in [3.8, 4) is 0 Å². The summed E-state index contributed by atoms with van der Waals surface area (Å²) in [6.07, 6.45) is 4.54. The van der Waals surface area contributed by atoms with Gasteiger partial charge in [-0.3, -0.25) is 19.8 Å². The summed E-state index contributed by atoms with van der Waals surface area (Å²) in [7, 11) is 0. The summed E-state index contributed by atoms with van der Waals surface area (Å²) in [5.41, 5.74) is 2.14. The number of benzene rings is 1. The van der Waals surface area contributed by atoms with Crippen molar-refractivity contribution in [2.24, 2.45) is 5.92 Å². The van der Waals surface area contributed by atoms with Gasteiger partial charge in [0.2, 0.25) is 11.8 Å². The van der Waals surface area contributed by atoms with Crippen LogP contribution in [0, 0.1) is 5.92 Å². The van der Waals surface area contributed by atoms with Gasteiger partial charge in [0.1, 0.15) is 0 Å². The Morgan fingerprint density at radius 2 is 2.00 bits per heavy atom. The van der Waals surface area contributed by atoms with Crippen LogP contribution in [0.2, 0.25) is 0 Å². The summed E-state index contributed by atoms with van der Waals surface area (Å²) in [6.45, 7) is 2.95. The van der Waals surface area contributed by atoms with E-state index < -0.39 is 0 Å². The van der Waals surface area contributed by atoms with E-state index in [0.29, 0.717) is 25.3 Å². The van der Waals surface area contributed by atoms with E-state index in [-0.39, 0.29) is 17.7 Å². The first-order chi connectivity index (χ1) is 12.7. The quantitative estimate of drug-likeness (QED) is 0.820. The van der Waals surface area contributed by atoms with Crippen molar-refractivity contribution in [3.05, 3.63) is 47.8 Å². The smallest absolute Gasteiger partial charge is 0.230 e. The molecule has 1 aromatic carbocycles. The number of likely N-dealkylation sites (tertiary alicyclic amines) is 1. The van der Waals surface area contributed by atoms with Gasteiger partial charge in [0.25, 0.3) is 0 Å². The van der Waals surface area contributed by atoms with Crippen molar-refractivity contribution >= 4 is 11.8 Å². The highest BCUT2D eigenvalue weighted by Crippen LogP contribution is 2.23. The van der Waals surface area contributed by atoms with Crippen LogP contribution in [0.25, 0.3) is 0 Å². The Bertz CT molecular complexity index is 788. The normalized spacial score (nSPS) is 24.0. The van der Waals surface area contributed by atoms with Gasteiger partial charge in [-0.15, -0.1) is 5.10 Å². The Labute approximate surface area is 152 Å². The molecular weight excluding hydrogens is 330 g/mol. The largest absolute Gasteiger partial charge is 0.297 e. The number of imide groups is 1. The first-order valence-corrected chi connectivity index (χ1v) is 9.18. The van der Waals surface area contributed by atoms with Gasteiger partial charge in [-0.05, 0) is 18.4 Å². The van der Waals surface area contributed by atoms with E-state index in [1.807, 2.05) is 16.9 Å². The number of carbonyl (C=O) groups is 2. The summed E-state index contributed by atoms with van der Waals surface area (Å²) < 4.78 is 1.94. The zero-order valence-electron chi connectivity index (χ0n) is 14.7. The minimum absolute atomic E-state index is 0.181. The third-order valence-corrected chi connectivity index (χ3v) is 5.24. The maximum absolute atomic E-state index is 11.9. The number of hydrogen-bond donors (Lipinski definition) is 1. The zero-order valence-corrected chi connectivity index (χ0v) is 14.7. The molecule has 4 rings (SSSR count). The van der Waals surface area contributed by atoms with Crippen LogP contribution in [0.3, 0.4) is 0 Å². The highest BCUT2D eigenvalue weighted by atomic mass is 16.2. The van der Waals surface area contributed by atoms with Crippen molar-refractivity contribution in [3.63, 3.8) is 0 Å². The lowest BCUT2D eigenvalue weighted by Gasteiger charge is -2.19. The van der Waals surface area contributed by atoms with Crippen LogP contribution in [0.5, 0.6) is 0 Å². The third-order valence-electron chi connectivity index (χ3n) is 5.24. The molecule has 2 aliphatic heterocycles. The van der Waals surface area contributed by atoms with Crippen molar-refractivity contribution < 1.29 is 9.59 Å². The lowest BCUT2D eigenvalue weighted by Crippen LogP contribution is -2.41. The molecule has 2 amide bonds. The molecule has 2 atom stereocenters. The Hall–Kier alpha value is -2.54. The molecule has 3 heterocycles. The van der Waals surface area contributed by atoms with E-state index in [0.717, 1.165) is 31.7 Å². The number of rotatable bonds is 5. The van der Waals surface area contributed by atoms with Crippen molar-refractivity contribution in [2.75, 3.05) is 13.1 Å². The van der Waals surface area contributed by atoms with Gasteiger partial charge in [-0.1, -0.05) is 35.5 Å². The molecule has 1 aromatic heterocycles. The Morgan fingerprint density at radius 3 is 2.81 bits per heavy atom. The zero-order chi connectivity index (χ0) is 17.9. The van der Waals surface area contributed by atoms with E-state index in [1.165, 1.54) is 5.56 Å². The van der Waals surface area contributed by atoms with Crippen LogP contribution in [0.15, 0.2) is 36.5 Å². The summed E-state index contributed by atoms with van der Waals surface area (Å²) in [5.74, 6) is -0.555. The Balaban J connectivity index is 1.33. The number of nitrogens with zero attached hydrogens (tertiary/aromatic N) is 4. The molecule has 2 fully saturated rings. The van der Waals surface area contributed by atoms with E-state index in [4.69, 9.17) is 0 Å². The van der Waals surface area contributed by atoms with E-state index in [1.54, 1.807) is 0 Å². The van der Waals surface area contributed by atoms with E-state index >= 15 is 0 Å². The van der Waals surface area contributed by atoms with E-state index in [9.17, 15) is 9.59 Å². The van der Waals surface area contributed by atoms with Crippen LogP contribution in [-0.2, 0) is 22.6 Å². The fourth-order valence-electron chi connectivity index (χ4n) is 3.78. The maximum atomic E-state index is 11.9. The number of aromatic nitrogens is 3. The van der Waals surface area contributed by atoms with Gasteiger partial charge in [0, 0.05) is 44.6 Å². The fraction of sp³-hybridized carbons (Fsp3) is 0.474. The number of hydrogen-bond acceptors (Lipinski definition) is 5. The summed E-state index contributed by atoms with van der Waals surface area (Å²) in [5, 5.41) is 10.9. The third kappa shape index (κ3) is 3.83. The highest BCUT2D eigenvalue weighted by molar-refractivity contribution is 5.98. The lowest BCUT2D eigenvalue weighted by molar-refractivity contribution is -0.136. The number of piperidine rings is 1. The number of carbonyl (C=O) groups excluding carboxylic acids is 2. The van der Waals surface area contributed by atoms with Gasteiger partial charge in [0.05, 0.1) is 11.7 Å². The highest BCUT2D eigenvalue weighted by Gasteiger charge is 2.29. The van der Waals surface area contributed by atoms with Gasteiger partial charge >= 0.3 is 0 Å². The standard InChI is InChI=1S/C19H23N5O2/c25-18-7-6-15(19(26)20-18)10-16-12-24(22-21-16)17-8-9-23(13-17)11-14-4-2-1-3-5-14/h1-5,12,15,17H,6-11,13H2,(H,20,25,26). The summed E-state index contributed by atoms with van der Waals surface area (Å²) in [6, 6.07) is 10.8. The van der Waals surface area contributed by atoms with Crippen molar-refractivity contribution in [2.45, 2.75) is 38.3 Å². The van der Waals surface area contributed by atoms with Gasteiger partial charge in [-0.2, -0.15) is 0 Å². The maximum Gasteiger partial charge on any atom is 0.230 e. The molecule has 2 aliphatic rings. The molecule has 26 heavy (non-hydrogen) atoms. The second-order valence-electron chi connectivity index (χ2n) is 7.21. The molecule has 0 spiro atoms. The molecule has 136 valence electrons. The lowest BCUT2D eigenvalue weighted by atomic mass is 9.94. The molecule has 0 radical (unpaired) electrons. The summed E-state index contributed by atoms with van der Waals surface area (Å²) >= 11 is 0. The first-order valence-electron chi connectivity index (χ1n) is 9.18. The monoisotopic (exact) mass is 353 g/mol. The van der Waals surface area contributed by atoms with Gasteiger partial charge in [0.15, 0.2) is 0 Å². The van der Waals surface area contributed by atoms with Crippen LogP contribution in [-0.4, -0.2) is 44.8 Å². The second kappa shape index (κ2) is 7.37. The molecular formula is C19H23N5O2. The SMILES string of the molecule is O=C1CCC(Cc2cn(C3CCN(Cc4ccccc4)C3)nn2)C(=O)N1. The van der Waals surface area contributed by atoms with Crippen LogP contribution in [0.4, 0.5) is 0 Å². The van der Waals surface area contributed by atoms with Gasteiger partial charge < -0.3 is 0 Å². The van der Waals surface area contributed by atoms with Gasteiger partial charge in [-0.25, -0.2) is 4.68 Å². The van der Waals surface area contributed by atoms with Crippen LogP contribution in [0.1, 0.15) is 36.6 Å². The minimum Gasteiger partial charge on any atom is -0.297 e. The van der Waals surface area contributed by atoms with Crippen molar-refractivity contribution in [1.82, 2.24) is 25.2 Å². The average molecular weight is 353 g/mol. The Morgan fingerprint density at radius 1 is 1.15 bits per heavy atom. The molecule has 2 saturated heterocycles. The van der Waals surface area contributed by atoms with Crippen molar-refractivity contribution in [1.29, 1.82) is 0 Å². The summed E-state index contributed by atoms with van der Waals surface area (Å²) in [4.78, 5) is 25.6. The predicted octanol–water partition coefficient (Wildman–Crippen LogP) is 1.32. The topological polar surface area (TPSA) is 80.1 Å². The number of nitrogens with one attached hydrogen (secondary N) is 1.